The minimum Gasteiger partial charge on any atom is -0.465 e. The Morgan fingerprint density at radius 2 is 1.83 bits per heavy atom. The number of carbonyl (C=O) groups is 1. The van der Waals surface area contributed by atoms with Crippen LogP contribution in [0.25, 0.3) is 0 Å². The Morgan fingerprint density at radius 3 is 2.22 bits per heavy atom. The van der Waals surface area contributed by atoms with Crippen LogP contribution in [0.5, 0.6) is 0 Å². The summed E-state index contributed by atoms with van der Waals surface area (Å²) in [6, 6.07) is 0.259. The van der Waals surface area contributed by atoms with Crippen molar-refractivity contribution >= 4 is 17.7 Å². The molecule has 0 aliphatic carbocycles. The van der Waals surface area contributed by atoms with E-state index >= 15 is 0 Å². The van der Waals surface area contributed by atoms with Gasteiger partial charge in [0, 0.05) is 17.0 Å². The van der Waals surface area contributed by atoms with Gasteiger partial charge in [-0.3, -0.25) is 10.1 Å². The highest BCUT2D eigenvalue weighted by Crippen LogP contribution is 2.24. The quantitative estimate of drug-likeness (QED) is 0.691. The van der Waals surface area contributed by atoms with E-state index in [1.54, 1.807) is 0 Å². The summed E-state index contributed by atoms with van der Waals surface area (Å²) < 4.78 is 5.19. The Bertz CT molecular complexity index is 256. The van der Waals surface area contributed by atoms with Gasteiger partial charge in [0.2, 0.25) is 0 Å². The van der Waals surface area contributed by atoms with Gasteiger partial charge in [0.1, 0.15) is 5.54 Å². The molecule has 0 spiro atoms. The van der Waals surface area contributed by atoms with Crippen LogP contribution in [0, 0.1) is 5.92 Å². The third-order valence-corrected chi connectivity index (χ3v) is 4.72. The summed E-state index contributed by atoms with van der Waals surface area (Å²) >= 11 is 1.82. The maximum absolute atomic E-state index is 12.1. The van der Waals surface area contributed by atoms with Crippen LogP contribution in [0.1, 0.15) is 48.5 Å². The Kier molecular flexibility index (Phi) is 7.95. The minimum atomic E-state index is -0.599. The van der Waals surface area contributed by atoms with Crippen molar-refractivity contribution in [1.29, 1.82) is 0 Å². The lowest BCUT2D eigenvalue weighted by molar-refractivity contribution is -0.149. The Balaban J connectivity index is 4.61. The van der Waals surface area contributed by atoms with Gasteiger partial charge in [0.05, 0.1) is 6.61 Å². The fourth-order valence-corrected chi connectivity index (χ4v) is 2.76. The summed E-state index contributed by atoms with van der Waals surface area (Å²) in [7, 11) is 0. The van der Waals surface area contributed by atoms with Gasteiger partial charge in [0.15, 0.2) is 0 Å². The van der Waals surface area contributed by atoms with E-state index in [0.29, 0.717) is 17.8 Å². The predicted molar refractivity (Wildman–Crippen MR) is 80.1 cm³/mol. The first-order chi connectivity index (χ1) is 8.23. The zero-order chi connectivity index (χ0) is 14.3. The molecule has 0 amide bonds. The second kappa shape index (κ2) is 8.05. The number of rotatable bonds is 8. The van der Waals surface area contributed by atoms with Gasteiger partial charge in [-0.25, -0.2) is 0 Å². The molecule has 0 heterocycles. The van der Waals surface area contributed by atoms with Gasteiger partial charge in [-0.1, -0.05) is 20.8 Å². The van der Waals surface area contributed by atoms with Crippen molar-refractivity contribution < 1.29 is 9.53 Å². The summed E-state index contributed by atoms with van der Waals surface area (Å²) in [5.74, 6) is 1.20. The topological polar surface area (TPSA) is 38.3 Å². The molecule has 0 radical (unpaired) electrons. The van der Waals surface area contributed by atoms with E-state index in [0.717, 1.165) is 5.75 Å². The summed E-state index contributed by atoms with van der Waals surface area (Å²) in [5.41, 5.74) is -0.599. The molecule has 0 saturated carbocycles. The third kappa shape index (κ3) is 6.10. The van der Waals surface area contributed by atoms with E-state index in [2.05, 4.69) is 26.1 Å². The van der Waals surface area contributed by atoms with Crippen molar-refractivity contribution in [2.45, 2.75) is 65.3 Å². The van der Waals surface area contributed by atoms with E-state index in [9.17, 15) is 4.79 Å². The van der Waals surface area contributed by atoms with Crippen LogP contribution < -0.4 is 5.32 Å². The van der Waals surface area contributed by atoms with Crippen LogP contribution in [-0.4, -0.2) is 35.2 Å². The molecule has 1 N–H and O–H groups in total. The maximum atomic E-state index is 12.1. The van der Waals surface area contributed by atoms with Gasteiger partial charge < -0.3 is 4.74 Å². The first kappa shape index (κ1) is 17.8. The number of hydrogen-bond donors (Lipinski definition) is 1. The third-order valence-electron chi connectivity index (χ3n) is 2.91. The molecular weight excluding hydrogens is 246 g/mol. The molecule has 0 aromatic heterocycles. The molecule has 0 saturated heterocycles. The van der Waals surface area contributed by atoms with Crippen LogP contribution in [0.4, 0.5) is 0 Å². The smallest absolute Gasteiger partial charge is 0.326 e. The van der Waals surface area contributed by atoms with Crippen molar-refractivity contribution in [3.8, 4) is 0 Å². The fourth-order valence-electron chi connectivity index (χ4n) is 1.58. The molecule has 0 aliphatic heterocycles. The lowest BCUT2D eigenvalue weighted by Gasteiger charge is -2.31. The molecule has 108 valence electrons. The molecule has 0 aromatic carbocycles. The molecule has 0 bridgehead atoms. The first-order valence-electron chi connectivity index (χ1n) is 6.79. The van der Waals surface area contributed by atoms with Crippen molar-refractivity contribution in [2.75, 3.05) is 12.4 Å². The number of esters is 1. The van der Waals surface area contributed by atoms with E-state index in [1.165, 1.54) is 0 Å². The van der Waals surface area contributed by atoms with E-state index in [4.69, 9.17) is 4.74 Å². The lowest BCUT2D eigenvalue weighted by Crippen LogP contribution is -2.55. The summed E-state index contributed by atoms with van der Waals surface area (Å²) in [6.45, 7) is 14.9. The minimum absolute atomic E-state index is 0.151. The SMILES string of the molecule is CCOC(=O)C(C)(CSC(C)C(C)C)NC(C)C. The average molecular weight is 275 g/mol. The van der Waals surface area contributed by atoms with Crippen molar-refractivity contribution in [2.24, 2.45) is 5.92 Å². The second-order valence-electron chi connectivity index (χ2n) is 5.61. The Morgan fingerprint density at radius 1 is 1.28 bits per heavy atom. The Hall–Kier alpha value is -0.220. The lowest BCUT2D eigenvalue weighted by atomic mass is 10.0. The van der Waals surface area contributed by atoms with Crippen molar-refractivity contribution in [3.63, 3.8) is 0 Å². The van der Waals surface area contributed by atoms with E-state index in [-0.39, 0.29) is 12.0 Å². The first-order valence-corrected chi connectivity index (χ1v) is 7.84. The van der Waals surface area contributed by atoms with E-state index < -0.39 is 5.54 Å². The molecule has 0 aromatic rings. The van der Waals surface area contributed by atoms with Crippen molar-refractivity contribution in [3.05, 3.63) is 0 Å². The van der Waals surface area contributed by atoms with Crippen LogP contribution >= 0.6 is 11.8 Å². The average Bonchev–Trinajstić information content (AvgIpc) is 2.25. The zero-order valence-corrected chi connectivity index (χ0v) is 13.7. The van der Waals surface area contributed by atoms with Gasteiger partial charge in [-0.05, 0) is 33.6 Å². The summed E-state index contributed by atoms with van der Waals surface area (Å²) in [6.07, 6.45) is 0. The van der Waals surface area contributed by atoms with E-state index in [1.807, 2.05) is 39.5 Å². The number of nitrogens with one attached hydrogen (secondary N) is 1. The Labute approximate surface area is 116 Å². The largest absolute Gasteiger partial charge is 0.465 e. The van der Waals surface area contributed by atoms with Crippen LogP contribution in [0.15, 0.2) is 0 Å². The molecule has 3 nitrogen and oxygen atoms in total. The normalized spacial score (nSPS) is 16.7. The fraction of sp³-hybridized carbons (Fsp3) is 0.929. The van der Waals surface area contributed by atoms with Gasteiger partial charge in [0.25, 0.3) is 0 Å². The predicted octanol–water partition coefficient (Wildman–Crippen LogP) is 3.08. The van der Waals surface area contributed by atoms with Gasteiger partial charge >= 0.3 is 5.97 Å². The maximum Gasteiger partial charge on any atom is 0.326 e. The number of hydrogen-bond acceptors (Lipinski definition) is 4. The summed E-state index contributed by atoms with van der Waals surface area (Å²) in [5, 5.41) is 3.87. The van der Waals surface area contributed by atoms with Crippen LogP contribution in [0.2, 0.25) is 0 Å². The van der Waals surface area contributed by atoms with Crippen LogP contribution in [-0.2, 0) is 9.53 Å². The molecule has 18 heavy (non-hydrogen) atoms. The highest BCUT2D eigenvalue weighted by atomic mass is 32.2. The van der Waals surface area contributed by atoms with Crippen LogP contribution in [0.3, 0.4) is 0 Å². The molecule has 2 unspecified atom stereocenters. The highest BCUT2D eigenvalue weighted by Gasteiger charge is 2.35. The molecule has 0 aliphatic rings. The zero-order valence-electron chi connectivity index (χ0n) is 12.9. The standard InChI is InChI=1S/C14H29NO2S/c1-8-17-13(16)14(7,15-11(4)5)9-18-12(6)10(2)3/h10-12,15H,8-9H2,1-7H3. The molecule has 4 heteroatoms. The second-order valence-corrected chi connectivity index (χ2v) is 6.98. The number of carbonyl (C=O) groups excluding carboxylic acids is 1. The monoisotopic (exact) mass is 275 g/mol. The van der Waals surface area contributed by atoms with Gasteiger partial charge in [-0.15, -0.1) is 0 Å². The van der Waals surface area contributed by atoms with Gasteiger partial charge in [-0.2, -0.15) is 11.8 Å². The molecule has 0 rings (SSSR count). The number of ether oxygens (including phenoxy) is 1. The summed E-state index contributed by atoms with van der Waals surface area (Å²) in [4.78, 5) is 12.1. The van der Waals surface area contributed by atoms with Crippen molar-refractivity contribution in [1.82, 2.24) is 5.32 Å². The molecular formula is C14H29NO2S. The molecule has 0 fully saturated rings. The highest BCUT2D eigenvalue weighted by molar-refractivity contribution is 8.00. The molecule has 2 atom stereocenters. The number of thioether (sulfide) groups is 1.